The van der Waals surface area contributed by atoms with Gasteiger partial charge in [-0.1, -0.05) is 31.4 Å². The Bertz CT molecular complexity index is 580. The van der Waals surface area contributed by atoms with Gasteiger partial charge in [-0.3, -0.25) is 10.1 Å². The van der Waals surface area contributed by atoms with Crippen molar-refractivity contribution < 1.29 is 18.3 Å². The summed E-state index contributed by atoms with van der Waals surface area (Å²) in [6.07, 6.45) is 5.82. The van der Waals surface area contributed by atoms with Crippen LogP contribution >= 0.6 is 12.4 Å². The van der Waals surface area contributed by atoms with Crippen LogP contribution in [0, 0.1) is 0 Å². The maximum absolute atomic E-state index is 13.2. The van der Waals surface area contributed by atoms with Gasteiger partial charge in [-0.2, -0.15) is 0 Å². The molecule has 2 fully saturated rings. The molecule has 1 saturated heterocycles. The van der Waals surface area contributed by atoms with Crippen molar-refractivity contribution in [1.29, 1.82) is 0 Å². The van der Waals surface area contributed by atoms with Gasteiger partial charge < -0.3 is 10.1 Å². The Kier molecular flexibility index (Phi) is 7.16. The maximum atomic E-state index is 13.2. The van der Waals surface area contributed by atoms with Crippen LogP contribution in [0.5, 0.6) is 0 Å². The molecule has 0 bridgehead atoms. The molecule has 1 heterocycles. The maximum Gasteiger partial charge on any atom is 0.262 e. The van der Waals surface area contributed by atoms with Crippen molar-refractivity contribution >= 4 is 24.0 Å². The molecule has 1 amide bonds. The standard InChI is InChI=1S/C18H24F2N2O2.ClH/c19-18(20)10-16(21-12-18)17(23)22-14-6-4-5-13(9-14)11-24-15-7-2-1-3-8-15;/h4-6,9,15-16,21H,1-3,7-8,10-12H2,(H,22,23);1H. The summed E-state index contributed by atoms with van der Waals surface area (Å²) >= 11 is 0. The van der Waals surface area contributed by atoms with Gasteiger partial charge in [0, 0.05) is 12.1 Å². The number of carbonyl (C=O) groups excluding carboxylic acids is 1. The van der Waals surface area contributed by atoms with E-state index >= 15 is 0 Å². The largest absolute Gasteiger partial charge is 0.374 e. The Balaban J connectivity index is 0.00000225. The van der Waals surface area contributed by atoms with E-state index in [0.717, 1.165) is 18.4 Å². The SMILES string of the molecule is Cl.O=C(Nc1cccc(COC2CCCCC2)c1)C1CC(F)(F)CN1. The van der Waals surface area contributed by atoms with Gasteiger partial charge in [0.05, 0.1) is 25.3 Å². The van der Waals surface area contributed by atoms with Crippen molar-refractivity contribution in [2.24, 2.45) is 0 Å². The van der Waals surface area contributed by atoms with Crippen molar-refractivity contribution in [3.8, 4) is 0 Å². The summed E-state index contributed by atoms with van der Waals surface area (Å²) in [6.45, 7) is 0.0640. The van der Waals surface area contributed by atoms with Crippen LogP contribution in [0.3, 0.4) is 0 Å². The quantitative estimate of drug-likeness (QED) is 0.822. The van der Waals surface area contributed by atoms with Gasteiger partial charge in [0.2, 0.25) is 5.91 Å². The van der Waals surface area contributed by atoms with E-state index in [9.17, 15) is 13.6 Å². The Hall–Kier alpha value is -1.24. The van der Waals surface area contributed by atoms with E-state index < -0.39 is 30.8 Å². The highest BCUT2D eigenvalue weighted by Gasteiger charge is 2.42. The lowest BCUT2D eigenvalue weighted by Crippen LogP contribution is -2.35. The zero-order valence-corrected chi connectivity index (χ0v) is 14.9. The molecule has 0 aromatic heterocycles. The lowest BCUT2D eigenvalue weighted by atomic mass is 9.98. The average Bonchev–Trinajstić information content (AvgIpc) is 2.94. The van der Waals surface area contributed by atoms with E-state index in [1.165, 1.54) is 19.3 Å². The molecule has 2 aliphatic rings. The van der Waals surface area contributed by atoms with Crippen LogP contribution in [-0.4, -0.2) is 30.5 Å². The van der Waals surface area contributed by atoms with E-state index in [2.05, 4.69) is 10.6 Å². The predicted octanol–water partition coefficient (Wildman–Crippen LogP) is 3.89. The van der Waals surface area contributed by atoms with Gasteiger partial charge in [-0.05, 0) is 30.5 Å². The second kappa shape index (κ2) is 8.92. The number of benzene rings is 1. The van der Waals surface area contributed by atoms with Crippen LogP contribution in [0.15, 0.2) is 24.3 Å². The zero-order valence-electron chi connectivity index (χ0n) is 14.1. The molecular weight excluding hydrogens is 350 g/mol. The number of amides is 1. The molecule has 1 aromatic carbocycles. The van der Waals surface area contributed by atoms with Crippen LogP contribution in [-0.2, 0) is 16.1 Å². The Morgan fingerprint density at radius 2 is 2.04 bits per heavy atom. The number of nitrogens with one attached hydrogen (secondary N) is 2. The molecule has 2 N–H and O–H groups in total. The van der Waals surface area contributed by atoms with Crippen LogP contribution in [0.1, 0.15) is 44.1 Å². The summed E-state index contributed by atoms with van der Waals surface area (Å²) in [5.74, 6) is -3.23. The molecule has 1 unspecified atom stereocenters. The summed E-state index contributed by atoms with van der Waals surface area (Å²) in [7, 11) is 0. The van der Waals surface area contributed by atoms with E-state index in [4.69, 9.17) is 4.74 Å². The first kappa shape index (κ1) is 20.1. The second-order valence-electron chi connectivity index (χ2n) is 6.75. The molecule has 1 aliphatic carbocycles. The highest BCUT2D eigenvalue weighted by Crippen LogP contribution is 2.26. The number of hydrogen-bond donors (Lipinski definition) is 2. The minimum Gasteiger partial charge on any atom is -0.374 e. The average molecular weight is 375 g/mol. The third kappa shape index (κ3) is 5.90. The number of hydrogen-bond acceptors (Lipinski definition) is 3. The van der Waals surface area contributed by atoms with Gasteiger partial charge in [0.1, 0.15) is 0 Å². The number of anilines is 1. The van der Waals surface area contributed by atoms with Crippen LogP contribution in [0.2, 0.25) is 0 Å². The molecular formula is C18H25ClF2N2O2. The lowest BCUT2D eigenvalue weighted by molar-refractivity contribution is -0.118. The molecule has 25 heavy (non-hydrogen) atoms. The third-order valence-electron chi connectivity index (χ3n) is 4.66. The van der Waals surface area contributed by atoms with E-state index in [0.29, 0.717) is 18.4 Å². The minimum absolute atomic E-state index is 0. The molecule has 4 nitrogen and oxygen atoms in total. The molecule has 140 valence electrons. The molecule has 3 rings (SSSR count). The normalized spacial score (nSPS) is 23.0. The molecule has 1 atom stereocenters. The van der Waals surface area contributed by atoms with Crippen molar-refractivity contribution in [3.05, 3.63) is 29.8 Å². The summed E-state index contributed by atoms with van der Waals surface area (Å²) in [6, 6.07) is 6.54. The fraction of sp³-hybridized carbons (Fsp3) is 0.611. The first-order chi connectivity index (χ1) is 11.5. The second-order valence-corrected chi connectivity index (χ2v) is 6.75. The van der Waals surface area contributed by atoms with Crippen LogP contribution in [0.4, 0.5) is 14.5 Å². The van der Waals surface area contributed by atoms with Crippen LogP contribution < -0.4 is 10.6 Å². The summed E-state index contributed by atoms with van der Waals surface area (Å²) in [4.78, 5) is 12.1. The zero-order chi connectivity index (χ0) is 17.0. The van der Waals surface area contributed by atoms with Crippen molar-refractivity contribution in [2.75, 3.05) is 11.9 Å². The van der Waals surface area contributed by atoms with Gasteiger partial charge in [0.25, 0.3) is 5.92 Å². The fourth-order valence-electron chi connectivity index (χ4n) is 3.32. The third-order valence-corrected chi connectivity index (χ3v) is 4.66. The van der Waals surface area contributed by atoms with E-state index in [1.807, 2.05) is 18.2 Å². The Labute approximate surface area is 153 Å². The van der Waals surface area contributed by atoms with Crippen LogP contribution in [0.25, 0.3) is 0 Å². The topological polar surface area (TPSA) is 50.4 Å². The summed E-state index contributed by atoms with van der Waals surface area (Å²) < 4.78 is 32.3. The predicted molar refractivity (Wildman–Crippen MR) is 95.3 cm³/mol. The van der Waals surface area contributed by atoms with E-state index in [-0.39, 0.29) is 12.4 Å². The fourth-order valence-corrected chi connectivity index (χ4v) is 3.32. The smallest absolute Gasteiger partial charge is 0.262 e. The van der Waals surface area contributed by atoms with Gasteiger partial charge >= 0.3 is 0 Å². The Morgan fingerprint density at radius 1 is 1.28 bits per heavy atom. The molecule has 1 saturated carbocycles. The lowest BCUT2D eigenvalue weighted by Gasteiger charge is -2.22. The van der Waals surface area contributed by atoms with Gasteiger partial charge in [-0.15, -0.1) is 12.4 Å². The van der Waals surface area contributed by atoms with Gasteiger partial charge in [0.15, 0.2) is 0 Å². The first-order valence-electron chi connectivity index (χ1n) is 8.64. The van der Waals surface area contributed by atoms with Crippen molar-refractivity contribution in [1.82, 2.24) is 5.32 Å². The summed E-state index contributed by atoms with van der Waals surface area (Å²) in [5, 5.41) is 5.27. The molecule has 1 aliphatic heterocycles. The highest BCUT2D eigenvalue weighted by atomic mass is 35.5. The highest BCUT2D eigenvalue weighted by molar-refractivity contribution is 5.95. The molecule has 1 aromatic rings. The molecule has 0 spiro atoms. The monoisotopic (exact) mass is 374 g/mol. The first-order valence-corrected chi connectivity index (χ1v) is 8.64. The Morgan fingerprint density at radius 3 is 2.72 bits per heavy atom. The van der Waals surface area contributed by atoms with Crippen molar-refractivity contribution in [3.63, 3.8) is 0 Å². The summed E-state index contributed by atoms with van der Waals surface area (Å²) in [5.41, 5.74) is 1.59. The minimum atomic E-state index is -2.81. The van der Waals surface area contributed by atoms with E-state index in [1.54, 1.807) is 6.07 Å². The number of halogens is 3. The molecule has 7 heteroatoms. The number of alkyl halides is 2. The number of carbonyl (C=O) groups is 1. The molecule has 0 radical (unpaired) electrons. The van der Waals surface area contributed by atoms with Crippen molar-refractivity contribution in [2.45, 2.75) is 63.2 Å². The number of ether oxygens (including phenoxy) is 1. The van der Waals surface area contributed by atoms with Gasteiger partial charge in [-0.25, -0.2) is 8.78 Å². The number of rotatable bonds is 5.